The maximum absolute atomic E-state index is 13.0. The van der Waals surface area contributed by atoms with Crippen LogP contribution in [0.15, 0.2) is 18.2 Å². The van der Waals surface area contributed by atoms with Crippen molar-refractivity contribution >= 4 is 5.97 Å². The van der Waals surface area contributed by atoms with Crippen LogP contribution in [-0.2, 0) is 11.2 Å². The Morgan fingerprint density at radius 2 is 2.23 bits per heavy atom. The highest BCUT2D eigenvalue weighted by Gasteiger charge is 2.07. The first kappa shape index (κ1) is 9.71. The summed E-state index contributed by atoms with van der Waals surface area (Å²) in [4.78, 5) is 11.0. The predicted octanol–water partition coefficient (Wildman–Crippen LogP) is 2.17. The monoisotopic (exact) mass is 182 g/mol. The Labute approximate surface area is 76.3 Å². The van der Waals surface area contributed by atoms with Gasteiger partial charge in [0.05, 0.1) is 12.7 Å². The average molecular weight is 182 g/mol. The Morgan fingerprint density at radius 1 is 1.54 bits per heavy atom. The SMILES string of the molecule is CCc1cc(C(=O)OC)ccc1F. The number of esters is 1. The summed E-state index contributed by atoms with van der Waals surface area (Å²) in [6.45, 7) is 1.83. The zero-order valence-corrected chi connectivity index (χ0v) is 7.63. The van der Waals surface area contributed by atoms with Gasteiger partial charge < -0.3 is 4.74 Å². The summed E-state index contributed by atoms with van der Waals surface area (Å²) in [7, 11) is 1.30. The lowest BCUT2D eigenvalue weighted by molar-refractivity contribution is 0.0600. The number of carbonyl (C=O) groups excluding carboxylic acids is 1. The largest absolute Gasteiger partial charge is 0.465 e. The Kier molecular flexibility index (Phi) is 3.01. The summed E-state index contributed by atoms with van der Waals surface area (Å²) in [5.74, 6) is -0.718. The van der Waals surface area contributed by atoms with Crippen LogP contribution in [0, 0.1) is 5.82 Å². The minimum atomic E-state index is -0.435. The molecule has 1 aromatic rings. The quantitative estimate of drug-likeness (QED) is 0.655. The van der Waals surface area contributed by atoms with E-state index in [1.165, 1.54) is 25.3 Å². The zero-order chi connectivity index (χ0) is 9.84. The van der Waals surface area contributed by atoms with Gasteiger partial charge in [-0.3, -0.25) is 0 Å². The molecule has 1 aromatic carbocycles. The molecule has 0 aliphatic carbocycles. The van der Waals surface area contributed by atoms with Gasteiger partial charge in [0, 0.05) is 0 Å². The van der Waals surface area contributed by atoms with Crippen molar-refractivity contribution in [1.29, 1.82) is 0 Å². The number of hydrogen-bond donors (Lipinski definition) is 0. The first-order valence-electron chi connectivity index (χ1n) is 4.05. The van der Waals surface area contributed by atoms with Gasteiger partial charge in [0.1, 0.15) is 5.82 Å². The Morgan fingerprint density at radius 3 is 2.77 bits per heavy atom. The molecule has 0 spiro atoms. The van der Waals surface area contributed by atoms with Crippen LogP contribution in [0.1, 0.15) is 22.8 Å². The molecule has 0 N–H and O–H groups in total. The number of ether oxygens (including phenoxy) is 1. The lowest BCUT2D eigenvalue weighted by Crippen LogP contribution is -2.02. The number of rotatable bonds is 2. The van der Waals surface area contributed by atoms with Gasteiger partial charge in [-0.1, -0.05) is 6.92 Å². The van der Waals surface area contributed by atoms with Gasteiger partial charge in [-0.15, -0.1) is 0 Å². The van der Waals surface area contributed by atoms with Crippen molar-refractivity contribution < 1.29 is 13.9 Å². The number of benzene rings is 1. The number of hydrogen-bond acceptors (Lipinski definition) is 2. The van der Waals surface area contributed by atoms with Crippen LogP contribution in [0.3, 0.4) is 0 Å². The van der Waals surface area contributed by atoms with Gasteiger partial charge in [-0.2, -0.15) is 0 Å². The third-order valence-electron chi connectivity index (χ3n) is 1.85. The van der Waals surface area contributed by atoms with Crippen LogP contribution >= 0.6 is 0 Å². The van der Waals surface area contributed by atoms with E-state index >= 15 is 0 Å². The Hall–Kier alpha value is -1.38. The van der Waals surface area contributed by atoms with Crippen LogP contribution in [0.4, 0.5) is 4.39 Å². The van der Waals surface area contributed by atoms with E-state index in [0.717, 1.165) is 0 Å². The summed E-state index contributed by atoms with van der Waals surface area (Å²) in [6, 6.07) is 4.21. The summed E-state index contributed by atoms with van der Waals surface area (Å²) in [5.41, 5.74) is 0.920. The second-order valence-electron chi connectivity index (χ2n) is 2.65. The molecule has 0 fully saturated rings. The lowest BCUT2D eigenvalue weighted by Gasteiger charge is -2.02. The van der Waals surface area contributed by atoms with Crippen LogP contribution in [-0.4, -0.2) is 13.1 Å². The molecule has 70 valence electrons. The van der Waals surface area contributed by atoms with E-state index in [9.17, 15) is 9.18 Å². The predicted molar refractivity (Wildman–Crippen MR) is 47.1 cm³/mol. The number of aryl methyl sites for hydroxylation is 1. The van der Waals surface area contributed by atoms with Crippen molar-refractivity contribution in [3.63, 3.8) is 0 Å². The molecule has 1 rings (SSSR count). The van der Waals surface area contributed by atoms with Crippen LogP contribution in [0.2, 0.25) is 0 Å². The van der Waals surface area contributed by atoms with E-state index in [1.54, 1.807) is 0 Å². The topological polar surface area (TPSA) is 26.3 Å². The molecule has 0 radical (unpaired) electrons. The molecule has 0 bridgehead atoms. The first-order valence-corrected chi connectivity index (χ1v) is 4.05. The third kappa shape index (κ3) is 2.05. The number of carbonyl (C=O) groups is 1. The molecule has 0 heterocycles. The molecular formula is C10H11FO2. The molecule has 0 atom stereocenters. The molecule has 0 saturated heterocycles. The van der Waals surface area contributed by atoms with Gasteiger partial charge in [0.25, 0.3) is 0 Å². The van der Waals surface area contributed by atoms with E-state index in [4.69, 9.17) is 0 Å². The second kappa shape index (κ2) is 4.03. The highest BCUT2D eigenvalue weighted by atomic mass is 19.1. The van der Waals surface area contributed by atoms with E-state index in [2.05, 4.69) is 4.74 Å². The minimum Gasteiger partial charge on any atom is -0.465 e. The van der Waals surface area contributed by atoms with E-state index in [1.807, 2.05) is 6.92 Å². The van der Waals surface area contributed by atoms with E-state index < -0.39 is 5.97 Å². The summed E-state index contributed by atoms with van der Waals surface area (Å²) >= 11 is 0. The molecule has 0 aliphatic heterocycles. The fraction of sp³-hybridized carbons (Fsp3) is 0.300. The van der Waals surface area contributed by atoms with Crippen LogP contribution < -0.4 is 0 Å². The van der Waals surface area contributed by atoms with Gasteiger partial charge >= 0.3 is 5.97 Å². The smallest absolute Gasteiger partial charge is 0.337 e. The summed E-state index contributed by atoms with van der Waals surface area (Å²) in [5, 5.41) is 0. The van der Waals surface area contributed by atoms with Crippen molar-refractivity contribution in [1.82, 2.24) is 0 Å². The van der Waals surface area contributed by atoms with E-state index in [0.29, 0.717) is 17.5 Å². The van der Waals surface area contributed by atoms with Crippen molar-refractivity contribution in [2.45, 2.75) is 13.3 Å². The average Bonchev–Trinajstić information content (AvgIpc) is 2.17. The number of methoxy groups -OCH3 is 1. The lowest BCUT2D eigenvalue weighted by atomic mass is 10.1. The first-order chi connectivity index (χ1) is 6.19. The molecule has 2 nitrogen and oxygen atoms in total. The molecule has 0 aromatic heterocycles. The van der Waals surface area contributed by atoms with Gasteiger partial charge in [0.2, 0.25) is 0 Å². The van der Waals surface area contributed by atoms with Crippen molar-refractivity contribution in [3.05, 3.63) is 35.1 Å². The van der Waals surface area contributed by atoms with Crippen LogP contribution in [0.5, 0.6) is 0 Å². The number of halogens is 1. The van der Waals surface area contributed by atoms with Gasteiger partial charge in [0.15, 0.2) is 0 Å². The van der Waals surface area contributed by atoms with Crippen molar-refractivity contribution in [3.8, 4) is 0 Å². The molecule has 0 aliphatic rings. The van der Waals surface area contributed by atoms with Gasteiger partial charge in [-0.25, -0.2) is 9.18 Å². The van der Waals surface area contributed by atoms with Gasteiger partial charge in [-0.05, 0) is 30.2 Å². The third-order valence-corrected chi connectivity index (χ3v) is 1.85. The maximum Gasteiger partial charge on any atom is 0.337 e. The molecule has 13 heavy (non-hydrogen) atoms. The maximum atomic E-state index is 13.0. The van der Waals surface area contributed by atoms with E-state index in [-0.39, 0.29) is 5.82 Å². The van der Waals surface area contributed by atoms with Crippen LogP contribution in [0.25, 0.3) is 0 Å². The fourth-order valence-electron chi connectivity index (χ4n) is 1.09. The standard InChI is InChI=1S/C10H11FO2/c1-3-7-6-8(10(12)13-2)4-5-9(7)11/h4-6H,3H2,1-2H3. The molecular weight excluding hydrogens is 171 g/mol. The summed E-state index contributed by atoms with van der Waals surface area (Å²) in [6.07, 6.45) is 0.566. The van der Waals surface area contributed by atoms with Crippen molar-refractivity contribution in [2.24, 2.45) is 0 Å². The normalized spacial score (nSPS) is 9.77. The molecule has 0 amide bonds. The Balaban J connectivity index is 3.06. The fourth-order valence-corrected chi connectivity index (χ4v) is 1.09. The molecule has 0 saturated carbocycles. The van der Waals surface area contributed by atoms with Crippen molar-refractivity contribution in [2.75, 3.05) is 7.11 Å². The molecule has 3 heteroatoms. The summed E-state index contributed by atoms with van der Waals surface area (Å²) < 4.78 is 17.5. The highest BCUT2D eigenvalue weighted by molar-refractivity contribution is 5.89. The molecule has 0 unspecified atom stereocenters. The Bertz CT molecular complexity index is 321. The second-order valence-corrected chi connectivity index (χ2v) is 2.65. The highest BCUT2D eigenvalue weighted by Crippen LogP contribution is 2.11. The zero-order valence-electron chi connectivity index (χ0n) is 7.63. The minimum absolute atomic E-state index is 0.282.